The number of pyridine rings is 2. The molecule has 3 heterocycles. The number of hydrogen-bond acceptors (Lipinski definition) is 5. The van der Waals surface area contributed by atoms with E-state index in [0.717, 1.165) is 24.6 Å². The van der Waals surface area contributed by atoms with Gasteiger partial charge >= 0.3 is 6.18 Å². The maximum atomic E-state index is 13.3. The maximum absolute atomic E-state index is 13.3. The highest BCUT2D eigenvalue weighted by Crippen LogP contribution is 2.41. The van der Waals surface area contributed by atoms with Gasteiger partial charge in [-0.3, -0.25) is 4.79 Å². The van der Waals surface area contributed by atoms with Crippen LogP contribution in [0.15, 0.2) is 54.7 Å². The molecular formula is C25H22F3N5O2. The Morgan fingerprint density at radius 1 is 1.20 bits per heavy atom. The molecule has 180 valence electrons. The summed E-state index contributed by atoms with van der Waals surface area (Å²) in [6, 6.07) is 11.9. The summed E-state index contributed by atoms with van der Waals surface area (Å²) in [5.74, 6) is 0.269. The van der Waals surface area contributed by atoms with Gasteiger partial charge in [-0.25, -0.2) is 9.97 Å². The van der Waals surface area contributed by atoms with Gasteiger partial charge in [0.1, 0.15) is 0 Å². The molecule has 1 aromatic carbocycles. The molecule has 0 spiro atoms. The zero-order valence-electron chi connectivity index (χ0n) is 18.8. The third-order valence-corrected chi connectivity index (χ3v) is 6.02. The summed E-state index contributed by atoms with van der Waals surface area (Å²) in [6.45, 7) is 1.37. The Bertz CT molecular complexity index is 1400. The van der Waals surface area contributed by atoms with Gasteiger partial charge in [-0.1, -0.05) is 24.3 Å². The summed E-state index contributed by atoms with van der Waals surface area (Å²) in [4.78, 5) is 22.3. The quantitative estimate of drug-likeness (QED) is 0.424. The number of aromatic nitrogens is 4. The first-order valence-corrected chi connectivity index (χ1v) is 11.2. The molecule has 1 saturated carbocycles. The van der Waals surface area contributed by atoms with Crippen LogP contribution in [0.25, 0.3) is 16.9 Å². The van der Waals surface area contributed by atoms with Crippen molar-refractivity contribution in [2.45, 2.75) is 38.0 Å². The number of aryl methyl sites for hydroxylation is 1. The smallest absolute Gasteiger partial charge is 0.387 e. The minimum atomic E-state index is -4.62. The molecule has 1 aliphatic rings. The lowest BCUT2D eigenvalue weighted by atomic mass is 10.0. The zero-order chi connectivity index (χ0) is 24.7. The Morgan fingerprint density at radius 2 is 1.94 bits per heavy atom. The number of fused-ring (bicyclic) bond motifs is 1. The van der Waals surface area contributed by atoms with E-state index in [-0.39, 0.29) is 18.0 Å². The molecule has 0 radical (unpaired) electrons. The lowest BCUT2D eigenvalue weighted by Crippen LogP contribution is -2.29. The van der Waals surface area contributed by atoms with Crippen molar-refractivity contribution in [1.29, 1.82) is 0 Å². The number of alkyl halides is 3. The molecule has 0 saturated heterocycles. The Kier molecular flexibility index (Phi) is 5.76. The third kappa shape index (κ3) is 4.49. The maximum Gasteiger partial charge on any atom is 0.416 e. The van der Waals surface area contributed by atoms with Crippen LogP contribution in [-0.2, 0) is 6.18 Å². The van der Waals surface area contributed by atoms with Gasteiger partial charge in [0.15, 0.2) is 11.5 Å². The van der Waals surface area contributed by atoms with E-state index in [1.165, 1.54) is 18.2 Å². The standard InChI is InChI=1S/C25H22F3N5O2/c1-14-22-17(24(35)30-13-20(34)16-6-2-3-7-18(16)25(26,27)28)12-19(15-9-10-15)31-23(22)33(32-14)21-8-4-5-11-29-21/h2-8,11-12,15,20,34H,9-10,13H2,1H3,(H,30,35). The monoisotopic (exact) mass is 481 g/mol. The topological polar surface area (TPSA) is 92.9 Å². The molecule has 1 unspecified atom stereocenters. The van der Waals surface area contributed by atoms with E-state index in [1.54, 1.807) is 36.0 Å². The van der Waals surface area contributed by atoms with Crippen LogP contribution >= 0.6 is 0 Å². The number of rotatable bonds is 6. The molecular weight excluding hydrogens is 459 g/mol. The first-order chi connectivity index (χ1) is 16.7. The number of nitrogens with one attached hydrogen (secondary N) is 1. The molecule has 1 fully saturated rings. The Hall–Kier alpha value is -3.79. The first-order valence-electron chi connectivity index (χ1n) is 11.2. The average molecular weight is 481 g/mol. The van der Waals surface area contributed by atoms with Crippen molar-refractivity contribution in [3.05, 3.63) is 82.8 Å². The summed E-state index contributed by atoms with van der Waals surface area (Å²) in [6.07, 6.45) is -2.59. The van der Waals surface area contributed by atoms with E-state index in [2.05, 4.69) is 15.4 Å². The van der Waals surface area contributed by atoms with E-state index in [4.69, 9.17) is 4.98 Å². The van der Waals surface area contributed by atoms with Crippen LogP contribution in [0, 0.1) is 6.92 Å². The number of carbonyl (C=O) groups excluding carboxylic acids is 1. The van der Waals surface area contributed by atoms with Crippen LogP contribution in [0.5, 0.6) is 0 Å². The number of aliphatic hydroxyl groups excluding tert-OH is 1. The number of amides is 1. The number of halogens is 3. The second-order valence-corrected chi connectivity index (χ2v) is 8.56. The lowest BCUT2D eigenvalue weighted by molar-refractivity contribution is -0.139. The van der Waals surface area contributed by atoms with Crippen LogP contribution in [0.3, 0.4) is 0 Å². The number of nitrogens with zero attached hydrogens (tertiary/aromatic N) is 4. The molecule has 3 aromatic heterocycles. The fourth-order valence-corrected chi connectivity index (χ4v) is 4.15. The van der Waals surface area contributed by atoms with Crippen LogP contribution < -0.4 is 5.32 Å². The van der Waals surface area contributed by atoms with Gasteiger partial charge in [-0.05, 0) is 49.6 Å². The molecule has 0 aliphatic heterocycles. The van der Waals surface area contributed by atoms with Crippen molar-refractivity contribution in [1.82, 2.24) is 25.1 Å². The number of hydrogen-bond donors (Lipinski definition) is 2. The zero-order valence-corrected chi connectivity index (χ0v) is 18.8. The summed E-state index contributed by atoms with van der Waals surface area (Å²) < 4.78 is 41.6. The van der Waals surface area contributed by atoms with Crippen molar-refractivity contribution in [3.8, 4) is 5.82 Å². The first kappa shape index (κ1) is 23.0. The fourth-order valence-electron chi connectivity index (χ4n) is 4.15. The molecule has 4 aromatic rings. The normalized spacial score (nSPS) is 14.8. The Morgan fingerprint density at radius 3 is 2.63 bits per heavy atom. The Labute approximate surface area is 198 Å². The summed E-state index contributed by atoms with van der Waals surface area (Å²) in [5, 5.41) is 18.1. The van der Waals surface area contributed by atoms with Crippen molar-refractivity contribution < 1.29 is 23.1 Å². The summed E-state index contributed by atoms with van der Waals surface area (Å²) in [7, 11) is 0. The lowest BCUT2D eigenvalue weighted by Gasteiger charge is -2.18. The SMILES string of the molecule is Cc1nn(-c2ccccn2)c2nc(C3CC3)cc(C(=O)NCC(O)c3ccccc3C(F)(F)F)c12. The van der Waals surface area contributed by atoms with Crippen molar-refractivity contribution in [2.24, 2.45) is 0 Å². The molecule has 1 aliphatic carbocycles. The summed E-state index contributed by atoms with van der Waals surface area (Å²) in [5.41, 5.74) is 0.887. The predicted octanol–water partition coefficient (Wildman–Crippen LogP) is 4.48. The molecule has 1 amide bonds. The highest BCUT2D eigenvalue weighted by atomic mass is 19.4. The van der Waals surface area contributed by atoms with E-state index >= 15 is 0 Å². The molecule has 0 bridgehead atoms. The molecule has 7 nitrogen and oxygen atoms in total. The second-order valence-electron chi connectivity index (χ2n) is 8.56. The number of aliphatic hydroxyl groups is 1. The van der Waals surface area contributed by atoms with Gasteiger partial charge < -0.3 is 10.4 Å². The van der Waals surface area contributed by atoms with E-state index < -0.39 is 23.8 Å². The van der Waals surface area contributed by atoms with Gasteiger partial charge in [0.2, 0.25) is 0 Å². The predicted molar refractivity (Wildman–Crippen MR) is 122 cm³/mol. The number of benzene rings is 1. The van der Waals surface area contributed by atoms with Gasteiger partial charge in [0.25, 0.3) is 5.91 Å². The van der Waals surface area contributed by atoms with Gasteiger partial charge in [0.05, 0.1) is 28.3 Å². The van der Waals surface area contributed by atoms with E-state index in [9.17, 15) is 23.1 Å². The van der Waals surface area contributed by atoms with Crippen LogP contribution in [0.1, 0.15) is 57.7 Å². The van der Waals surface area contributed by atoms with Crippen LogP contribution in [0.4, 0.5) is 13.2 Å². The third-order valence-electron chi connectivity index (χ3n) is 6.02. The van der Waals surface area contributed by atoms with E-state index in [0.29, 0.717) is 28.1 Å². The Balaban J connectivity index is 1.48. The van der Waals surface area contributed by atoms with Crippen molar-refractivity contribution in [3.63, 3.8) is 0 Å². The highest BCUT2D eigenvalue weighted by molar-refractivity contribution is 6.06. The van der Waals surface area contributed by atoms with Gasteiger partial charge in [-0.2, -0.15) is 23.0 Å². The average Bonchev–Trinajstić information content (AvgIpc) is 3.65. The van der Waals surface area contributed by atoms with Crippen LogP contribution in [-0.4, -0.2) is 37.3 Å². The highest BCUT2D eigenvalue weighted by Gasteiger charge is 2.35. The minimum Gasteiger partial charge on any atom is -0.387 e. The molecule has 35 heavy (non-hydrogen) atoms. The minimum absolute atomic E-state index is 0.239. The fraction of sp³-hybridized carbons (Fsp3) is 0.280. The molecule has 10 heteroatoms. The molecule has 1 atom stereocenters. The van der Waals surface area contributed by atoms with Crippen LogP contribution in [0.2, 0.25) is 0 Å². The van der Waals surface area contributed by atoms with Crippen molar-refractivity contribution in [2.75, 3.05) is 6.54 Å². The summed E-state index contributed by atoms with van der Waals surface area (Å²) >= 11 is 0. The molecule has 2 N–H and O–H groups in total. The molecule has 5 rings (SSSR count). The van der Waals surface area contributed by atoms with E-state index in [1.807, 2.05) is 6.07 Å². The second kappa shape index (κ2) is 8.77. The largest absolute Gasteiger partial charge is 0.416 e. The van der Waals surface area contributed by atoms with Gasteiger partial charge in [-0.15, -0.1) is 0 Å². The number of carbonyl (C=O) groups is 1. The van der Waals surface area contributed by atoms with Crippen molar-refractivity contribution >= 4 is 16.9 Å². The van der Waals surface area contributed by atoms with Gasteiger partial charge in [0, 0.05) is 24.4 Å².